The SMILES string of the molecule is C=CC1(C)C(O)C(=O)c2ccccc2C1C=CC(C)=CC(=O)OC. The van der Waals surface area contributed by atoms with Crippen LogP contribution in [-0.4, -0.2) is 30.1 Å². The molecule has 24 heavy (non-hydrogen) atoms. The Morgan fingerprint density at radius 3 is 2.67 bits per heavy atom. The van der Waals surface area contributed by atoms with Gasteiger partial charge in [0.15, 0.2) is 5.78 Å². The number of aliphatic hydroxyl groups is 1. The van der Waals surface area contributed by atoms with E-state index in [9.17, 15) is 14.7 Å². The van der Waals surface area contributed by atoms with Crippen LogP contribution < -0.4 is 0 Å². The number of ketones is 1. The van der Waals surface area contributed by atoms with Gasteiger partial charge in [0, 0.05) is 23.0 Å². The van der Waals surface area contributed by atoms with E-state index >= 15 is 0 Å². The van der Waals surface area contributed by atoms with Gasteiger partial charge in [-0.05, 0) is 18.1 Å². The summed E-state index contributed by atoms with van der Waals surface area (Å²) in [6, 6.07) is 7.26. The molecule has 0 heterocycles. The predicted octanol–water partition coefficient (Wildman–Crippen LogP) is 3.20. The molecule has 4 nitrogen and oxygen atoms in total. The molecule has 126 valence electrons. The minimum Gasteiger partial charge on any atom is -0.466 e. The summed E-state index contributed by atoms with van der Waals surface area (Å²) < 4.78 is 4.61. The molecule has 2 rings (SSSR count). The van der Waals surface area contributed by atoms with Crippen molar-refractivity contribution in [2.75, 3.05) is 7.11 Å². The van der Waals surface area contributed by atoms with Crippen molar-refractivity contribution in [2.24, 2.45) is 5.41 Å². The topological polar surface area (TPSA) is 63.6 Å². The molecule has 0 spiro atoms. The Labute approximate surface area is 142 Å². The second kappa shape index (κ2) is 6.97. The van der Waals surface area contributed by atoms with Crippen LogP contribution in [0.2, 0.25) is 0 Å². The van der Waals surface area contributed by atoms with E-state index < -0.39 is 17.5 Å². The van der Waals surface area contributed by atoms with Gasteiger partial charge in [-0.15, -0.1) is 6.58 Å². The van der Waals surface area contributed by atoms with Gasteiger partial charge in [0.25, 0.3) is 0 Å². The predicted molar refractivity (Wildman–Crippen MR) is 92.7 cm³/mol. The largest absolute Gasteiger partial charge is 0.466 e. The van der Waals surface area contributed by atoms with Crippen molar-refractivity contribution in [3.8, 4) is 0 Å². The van der Waals surface area contributed by atoms with Gasteiger partial charge in [0.05, 0.1) is 7.11 Å². The zero-order valence-electron chi connectivity index (χ0n) is 14.2. The standard InChI is InChI=1S/C20H22O4/c1-5-20(3)16(11-10-13(2)12-17(21)24-4)14-8-6-7-9-15(14)18(22)19(20)23/h5-12,16,19,23H,1H2,2-4H3. The van der Waals surface area contributed by atoms with Crippen LogP contribution in [0.4, 0.5) is 0 Å². The van der Waals surface area contributed by atoms with E-state index in [4.69, 9.17) is 0 Å². The minimum absolute atomic E-state index is 0.236. The summed E-state index contributed by atoms with van der Waals surface area (Å²) in [6.07, 6.45) is 5.54. The Kier molecular flexibility index (Phi) is 5.20. The van der Waals surface area contributed by atoms with Crippen LogP contribution in [0.3, 0.4) is 0 Å². The van der Waals surface area contributed by atoms with Crippen molar-refractivity contribution in [3.05, 3.63) is 71.8 Å². The molecule has 0 radical (unpaired) electrons. The zero-order valence-corrected chi connectivity index (χ0v) is 14.2. The summed E-state index contributed by atoms with van der Waals surface area (Å²) in [7, 11) is 1.32. The first-order valence-electron chi connectivity index (χ1n) is 7.74. The third kappa shape index (κ3) is 3.10. The van der Waals surface area contributed by atoms with Crippen molar-refractivity contribution in [1.82, 2.24) is 0 Å². The average Bonchev–Trinajstić information content (AvgIpc) is 2.59. The van der Waals surface area contributed by atoms with Crippen LogP contribution in [0.5, 0.6) is 0 Å². The fourth-order valence-electron chi connectivity index (χ4n) is 3.02. The van der Waals surface area contributed by atoms with Gasteiger partial charge in [-0.2, -0.15) is 0 Å². The zero-order chi connectivity index (χ0) is 17.9. The highest BCUT2D eigenvalue weighted by Gasteiger charge is 2.47. The quantitative estimate of drug-likeness (QED) is 0.399. The molecule has 1 aromatic carbocycles. The number of Topliss-reactive ketones (excluding diaryl/α,β-unsaturated/α-hetero) is 1. The van der Waals surface area contributed by atoms with Crippen molar-refractivity contribution >= 4 is 11.8 Å². The first kappa shape index (κ1) is 17.9. The molecule has 1 aliphatic rings. The molecular formula is C20H22O4. The number of rotatable bonds is 4. The molecule has 4 heteroatoms. The monoisotopic (exact) mass is 326 g/mol. The average molecular weight is 326 g/mol. The fraction of sp³-hybridized carbons (Fsp3) is 0.300. The van der Waals surface area contributed by atoms with E-state index in [0.29, 0.717) is 5.56 Å². The number of carbonyl (C=O) groups is 2. The molecule has 0 bridgehead atoms. The normalized spacial score (nSPS) is 27.0. The first-order valence-corrected chi connectivity index (χ1v) is 7.74. The smallest absolute Gasteiger partial charge is 0.330 e. The number of carbonyl (C=O) groups excluding carboxylic acids is 2. The highest BCUT2D eigenvalue weighted by atomic mass is 16.5. The number of hydrogen-bond donors (Lipinski definition) is 1. The number of hydrogen-bond acceptors (Lipinski definition) is 4. The maximum absolute atomic E-state index is 12.5. The van der Waals surface area contributed by atoms with E-state index in [1.807, 2.05) is 25.1 Å². The lowest BCUT2D eigenvalue weighted by atomic mass is 9.62. The van der Waals surface area contributed by atoms with Crippen LogP contribution in [0.1, 0.15) is 35.7 Å². The maximum Gasteiger partial charge on any atom is 0.330 e. The van der Waals surface area contributed by atoms with E-state index in [-0.39, 0.29) is 11.7 Å². The van der Waals surface area contributed by atoms with Gasteiger partial charge >= 0.3 is 5.97 Å². The van der Waals surface area contributed by atoms with E-state index in [1.54, 1.807) is 31.2 Å². The Balaban J connectivity index is 2.50. The molecule has 3 atom stereocenters. The number of methoxy groups -OCH3 is 1. The number of allylic oxidation sites excluding steroid dienone is 3. The van der Waals surface area contributed by atoms with Crippen molar-refractivity contribution in [2.45, 2.75) is 25.9 Å². The van der Waals surface area contributed by atoms with Crippen LogP contribution in [0, 0.1) is 5.41 Å². The van der Waals surface area contributed by atoms with E-state index in [2.05, 4.69) is 11.3 Å². The van der Waals surface area contributed by atoms with Crippen LogP contribution >= 0.6 is 0 Å². The molecule has 0 aromatic heterocycles. The Bertz CT molecular complexity index is 729. The van der Waals surface area contributed by atoms with Crippen LogP contribution in [0.25, 0.3) is 0 Å². The van der Waals surface area contributed by atoms with Crippen molar-refractivity contribution < 1.29 is 19.4 Å². The van der Waals surface area contributed by atoms with Gasteiger partial charge in [-0.3, -0.25) is 4.79 Å². The molecule has 1 N–H and O–H groups in total. The van der Waals surface area contributed by atoms with Crippen molar-refractivity contribution in [3.63, 3.8) is 0 Å². The lowest BCUT2D eigenvalue weighted by Gasteiger charge is -2.42. The summed E-state index contributed by atoms with van der Waals surface area (Å²) in [5.74, 6) is -0.956. The highest BCUT2D eigenvalue weighted by Crippen LogP contribution is 2.47. The molecular weight excluding hydrogens is 304 g/mol. The van der Waals surface area contributed by atoms with Gasteiger partial charge in [0.1, 0.15) is 6.10 Å². The maximum atomic E-state index is 12.5. The second-order valence-electron chi connectivity index (χ2n) is 6.17. The third-order valence-electron chi connectivity index (χ3n) is 4.61. The summed E-state index contributed by atoms with van der Waals surface area (Å²) in [4.78, 5) is 23.8. The van der Waals surface area contributed by atoms with Gasteiger partial charge < -0.3 is 9.84 Å². The van der Waals surface area contributed by atoms with Crippen LogP contribution in [0.15, 0.2) is 60.7 Å². The number of ether oxygens (including phenoxy) is 1. The number of fused-ring (bicyclic) bond motifs is 1. The van der Waals surface area contributed by atoms with Gasteiger partial charge in [0.2, 0.25) is 0 Å². The summed E-state index contributed by atoms with van der Waals surface area (Å²) in [6.45, 7) is 7.42. The van der Waals surface area contributed by atoms with Crippen molar-refractivity contribution in [1.29, 1.82) is 0 Å². The molecule has 0 amide bonds. The lowest BCUT2D eigenvalue weighted by molar-refractivity contribution is -0.134. The summed E-state index contributed by atoms with van der Waals surface area (Å²) >= 11 is 0. The molecule has 0 saturated heterocycles. The number of aliphatic hydroxyl groups excluding tert-OH is 1. The Morgan fingerprint density at radius 2 is 2.04 bits per heavy atom. The second-order valence-corrected chi connectivity index (χ2v) is 6.17. The van der Waals surface area contributed by atoms with E-state index in [1.165, 1.54) is 13.2 Å². The fourth-order valence-corrected chi connectivity index (χ4v) is 3.02. The molecule has 0 aliphatic heterocycles. The summed E-state index contributed by atoms with van der Waals surface area (Å²) in [5, 5.41) is 10.5. The molecule has 3 unspecified atom stereocenters. The number of benzene rings is 1. The van der Waals surface area contributed by atoms with Gasteiger partial charge in [-0.1, -0.05) is 49.4 Å². The molecule has 0 fully saturated rings. The Morgan fingerprint density at radius 1 is 1.38 bits per heavy atom. The number of esters is 1. The first-order chi connectivity index (χ1) is 11.3. The molecule has 1 aliphatic carbocycles. The lowest BCUT2D eigenvalue weighted by Crippen LogP contribution is -2.45. The van der Waals surface area contributed by atoms with E-state index in [0.717, 1.165) is 11.1 Å². The molecule has 1 aromatic rings. The third-order valence-corrected chi connectivity index (χ3v) is 4.61. The molecule has 0 saturated carbocycles. The highest BCUT2D eigenvalue weighted by molar-refractivity contribution is 6.03. The van der Waals surface area contributed by atoms with Gasteiger partial charge in [-0.25, -0.2) is 4.79 Å². The summed E-state index contributed by atoms with van der Waals surface area (Å²) in [5.41, 5.74) is 1.26. The minimum atomic E-state index is -1.16. The Hall–Kier alpha value is -2.46. The van der Waals surface area contributed by atoms with Crippen LogP contribution in [-0.2, 0) is 9.53 Å².